The molecular formula is C25H32FN7O2. The average molecular weight is 482 g/mol. The van der Waals surface area contributed by atoms with E-state index in [0.29, 0.717) is 36.7 Å². The van der Waals surface area contributed by atoms with Gasteiger partial charge < -0.3 is 24.3 Å². The van der Waals surface area contributed by atoms with Crippen molar-refractivity contribution in [1.82, 2.24) is 19.3 Å². The number of halogens is 1. The molecule has 1 atom stereocenters. The van der Waals surface area contributed by atoms with Crippen molar-refractivity contribution in [2.24, 2.45) is 0 Å². The normalized spacial score (nSPS) is 16.5. The average Bonchev–Trinajstić information content (AvgIpc) is 3.14. The maximum Gasteiger partial charge on any atom is 0.410 e. The molecule has 4 rings (SSSR count). The van der Waals surface area contributed by atoms with Gasteiger partial charge in [0.25, 0.3) is 0 Å². The zero-order valence-electron chi connectivity index (χ0n) is 21.0. The van der Waals surface area contributed by atoms with Gasteiger partial charge in [0.05, 0.1) is 17.6 Å². The van der Waals surface area contributed by atoms with Crippen LogP contribution >= 0.6 is 0 Å². The highest BCUT2D eigenvalue weighted by Gasteiger charge is 2.31. The van der Waals surface area contributed by atoms with Crippen LogP contribution in [0.2, 0.25) is 0 Å². The number of hydrogen-bond acceptors (Lipinski definition) is 6. The van der Waals surface area contributed by atoms with Crippen molar-refractivity contribution in [2.45, 2.75) is 53.2 Å². The van der Waals surface area contributed by atoms with E-state index >= 15 is 0 Å². The van der Waals surface area contributed by atoms with Crippen molar-refractivity contribution >= 4 is 29.1 Å². The molecule has 0 saturated carbocycles. The van der Waals surface area contributed by atoms with E-state index in [4.69, 9.17) is 10.1 Å². The predicted octanol–water partition coefficient (Wildman–Crippen LogP) is 4.37. The summed E-state index contributed by atoms with van der Waals surface area (Å²) in [4.78, 5) is 25.1. The van der Waals surface area contributed by atoms with Gasteiger partial charge in [0.1, 0.15) is 17.3 Å². The number of imidazole rings is 1. The molecule has 0 unspecified atom stereocenters. The molecule has 186 valence electrons. The molecule has 1 saturated heterocycles. The van der Waals surface area contributed by atoms with E-state index in [-0.39, 0.29) is 23.6 Å². The Kier molecular flexibility index (Phi) is 6.40. The second kappa shape index (κ2) is 9.16. The van der Waals surface area contributed by atoms with E-state index < -0.39 is 11.4 Å². The number of piperazine rings is 1. The maximum absolute atomic E-state index is 14.4. The molecule has 35 heavy (non-hydrogen) atoms. The molecule has 4 heterocycles. The van der Waals surface area contributed by atoms with Gasteiger partial charge in [0.2, 0.25) is 0 Å². The lowest BCUT2D eigenvalue weighted by Gasteiger charge is -2.41. The molecule has 1 aliphatic heterocycles. The Morgan fingerprint density at radius 1 is 1.23 bits per heavy atom. The maximum atomic E-state index is 14.4. The van der Waals surface area contributed by atoms with Crippen LogP contribution in [0.25, 0.3) is 5.65 Å². The van der Waals surface area contributed by atoms with Crippen molar-refractivity contribution in [3.8, 4) is 0 Å². The number of ether oxygens (including phenoxy) is 1. The molecule has 0 radical (unpaired) electrons. The van der Waals surface area contributed by atoms with Crippen LogP contribution in [0.5, 0.6) is 0 Å². The molecule has 1 amide bonds. The molecule has 2 N–H and O–H groups in total. The number of amidine groups is 1. The summed E-state index contributed by atoms with van der Waals surface area (Å²) >= 11 is 0. The summed E-state index contributed by atoms with van der Waals surface area (Å²) in [5, 5.41) is 11.4. The number of nitrogens with zero attached hydrogens (tertiary/aromatic N) is 5. The van der Waals surface area contributed by atoms with Gasteiger partial charge in [-0.2, -0.15) is 0 Å². The van der Waals surface area contributed by atoms with Gasteiger partial charge in [0.15, 0.2) is 11.5 Å². The van der Waals surface area contributed by atoms with E-state index in [2.05, 4.69) is 20.2 Å². The van der Waals surface area contributed by atoms with Gasteiger partial charge >= 0.3 is 6.09 Å². The van der Waals surface area contributed by atoms with Gasteiger partial charge in [-0.05, 0) is 59.2 Å². The molecule has 3 aromatic rings. The third-order valence-electron chi connectivity index (χ3n) is 5.84. The number of aromatic nitrogens is 3. The van der Waals surface area contributed by atoms with Crippen molar-refractivity contribution in [1.29, 1.82) is 5.41 Å². The number of carbonyl (C=O) groups is 1. The first-order chi connectivity index (χ1) is 16.4. The Labute approximate surface area is 204 Å². The lowest BCUT2D eigenvalue weighted by Crippen LogP contribution is -2.55. The Hall–Kier alpha value is -3.69. The monoisotopic (exact) mass is 481 g/mol. The largest absolute Gasteiger partial charge is 0.444 e. The molecular weight excluding hydrogens is 449 g/mol. The minimum atomic E-state index is -0.527. The first-order valence-corrected chi connectivity index (χ1v) is 11.6. The number of carbonyl (C=O) groups excluding carboxylic acids is 1. The Morgan fingerprint density at radius 2 is 1.97 bits per heavy atom. The number of aryl methyl sites for hydroxylation is 2. The third-order valence-corrected chi connectivity index (χ3v) is 5.84. The molecule has 1 aliphatic rings. The third kappa shape index (κ3) is 5.36. The van der Waals surface area contributed by atoms with Crippen LogP contribution in [0.4, 0.5) is 20.7 Å². The molecule has 0 aliphatic carbocycles. The summed E-state index contributed by atoms with van der Waals surface area (Å²) in [6, 6.07) is 3.29. The number of hydrogen-bond donors (Lipinski definition) is 2. The van der Waals surface area contributed by atoms with Crippen LogP contribution in [0.1, 0.15) is 44.5 Å². The first kappa shape index (κ1) is 24.4. The first-order valence-electron chi connectivity index (χ1n) is 11.6. The van der Waals surface area contributed by atoms with E-state index in [1.54, 1.807) is 34.8 Å². The summed E-state index contributed by atoms with van der Waals surface area (Å²) in [6.45, 7) is 13.2. The second-order valence-corrected chi connectivity index (χ2v) is 10.0. The molecule has 1 fully saturated rings. The summed E-state index contributed by atoms with van der Waals surface area (Å²) in [5.41, 5.74) is 2.60. The molecule has 0 spiro atoms. The zero-order chi connectivity index (χ0) is 25.5. The standard InChI is InChI=1S/C25H32FN7O2/c1-15-9-19(31-7-8-33(17(3)13-31)24(34)35-25(4,5)6)11-28-22(15)30-21(27)18-10-20(26)23-29-16(2)12-32(23)14-18/h9-12,14,17H,7-8,13H2,1-6H3,(H2,27,28,30)/t17-/m0/s1. The van der Waals surface area contributed by atoms with Gasteiger partial charge in [-0.15, -0.1) is 0 Å². The van der Waals surface area contributed by atoms with Crippen LogP contribution in [-0.4, -0.2) is 62.5 Å². The van der Waals surface area contributed by atoms with Crippen LogP contribution in [-0.2, 0) is 4.74 Å². The summed E-state index contributed by atoms with van der Waals surface area (Å²) in [5.74, 6) is 0.0865. The summed E-state index contributed by atoms with van der Waals surface area (Å²) < 4.78 is 21.5. The second-order valence-electron chi connectivity index (χ2n) is 10.0. The highest BCUT2D eigenvalue weighted by atomic mass is 19.1. The van der Waals surface area contributed by atoms with Crippen molar-refractivity contribution in [3.63, 3.8) is 0 Å². The van der Waals surface area contributed by atoms with Gasteiger partial charge in [-0.25, -0.2) is 19.2 Å². The molecule has 9 nitrogen and oxygen atoms in total. The smallest absolute Gasteiger partial charge is 0.410 e. The van der Waals surface area contributed by atoms with Gasteiger partial charge in [0, 0.05) is 43.6 Å². The Balaban J connectivity index is 1.44. The highest BCUT2D eigenvalue weighted by molar-refractivity contribution is 6.06. The number of nitrogens with one attached hydrogen (secondary N) is 2. The van der Waals surface area contributed by atoms with Crippen LogP contribution in [0.15, 0.2) is 30.7 Å². The lowest BCUT2D eigenvalue weighted by molar-refractivity contribution is 0.0159. The fourth-order valence-corrected chi connectivity index (χ4v) is 4.15. The fraction of sp³-hybridized carbons (Fsp3) is 0.440. The number of anilines is 2. The van der Waals surface area contributed by atoms with E-state index in [1.807, 2.05) is 40.7 Å². The SMILES string of the molecule is Cc1cn2cc(C(=N)Nc3ncc(N4CCN(C(=O)OC(C)(C)C)[C@@H](C)C4)cc3C)cc(F)c2n1. The van der Waals surface area contributed by atoms with E-state index in [9.17, 15) is 9.18 Å². The van der Waals surface area contributed by atoms with Crippen LogP contribution in [0.3, 0.4) is 0 Å². The Morgan fingerprint density at radius 3 is 2.63 bits per heavy atom. The molecule has 0 bridgehead atoms. The van der Waals surface area contributed by atoms with E-state index in [1.165, 1.54) is 6.07 Å². The molecule has 10 heteroatoms. The van der Waals surface area contributed by atoms with Crippen molar-refractivity contribution in [2.75, 3.05) is 29.9 Å². The predicted molar refractivity (Wildman–Crippen MR) is 134 cm³/mol. The summed E-state index contributed by atoms with van der Waals surface area (Å²) in [7, 11) is 0. The van der Waals surface area contributed by atoms with Crippen molar-refractivity contribution < 1.29 is 13.9 Å². The van der Waals surface area contributed by atoms with Crippen molar-refractivity contribution in [3.05, 3.63) is 53.4 Å². The van der Waals surface area contributed by atoms with Crippen LogP contribution < -0.4 is 10.2 Å². The quantitative estimate of drug-likeness (QED) is 0.426. The minimum Gasteiger partial charge on any atom is -0.444 e. The summed E-state index contributed by atoms with van der Waals surface area (Å²) in [6.07, 6.45) is 4.85. The minimum absolute atomic E-state index is 0.0125. The number of fused-ring (bicyclic) bond motifs is 1. The highest BCUT2D eigenvalue weighted by Crippen LogP contribution is 2.24. The molecule has 3 aromatic heterocycles. The molecule has 0 aromatic carbocycles. The Bertz CT molecular complexity index is 1280. The topological polar surface area (TPSA) is 98.9 Å². The lowest BCUT2D eigenvalue weighted by atomic mass is 10.1. The number of rotatable bonds is 3. The van der Waals surface area contributed by atoms with Gasteiger partial charge in [-0.3, -0.25) is 5.41 Å². The zero-order valence-corrected chi connectivity index (χ0v) is 21.0. The number of amides is 1. The number of pyridine rings is 2. The fourth-order valence-electron chi connectivity index (χ4n) is 4.15. The van der Waals surface area contributed by atoms with Crippen LogP contribution in [0, 0.1) is 25.1 Å². The van der Waals surface area contributed by atoms with Gasteiger partial charge in [-0.1, -0.05) is 0 Å². The van der Waals surface area contributed by atoms with E-state index in [0.717, 1.165) is 11.3 Å².